The van der Waals surface area contributed by atoms with Crippen molar-refractivity contribution < 1.29 is 9.32 Å². The predicted molar refractivity (Wildman–Crippen MR) is 112 cm³/mol. The molecule has 2 saturated heterocycles. The molecule has 2 aromatic rings. The van der Waals surface area contributed by atoms with Crippen LogP contribution in [0.25, 0.3) is 11.4 Å². The van der Waals surface area contributed by atoms with Gasteiger partial charge in [-0.25, -0.2) is 0 Å². The van der Waals surface area contributed by atoms with Gasteiger partial charge in [0.15, 0.2) is 0 Å². The molecule has 2 aliphatic heterocycles. The van der Waals surface area contributed by atoms with E-state index in [2.05, 4.69) is 51.1 Å². The number of rotatable bonds is 4. The van der Waals surface area contributed by atoms with Crippen molar-refractivity contribution >= 4 is 11.6 Å². The minimum atomic E-state index is 0.0268. The molecule has 3 aliphatic rings. The molecule has 0 bridgehead atoms. The first-order valence-electron chi connectivity index (χ1n) is 11.2. The fourth-order valence-electron chi connectivity index (χ4n) is 5.07. The molecule has 1 aromatic carbocycles. The number of carbonyl (C=O) groups excluding carboxylic acids is 1. The van der Waals surface area contributed by atoms with Gasteiger partial charge < -0.3 is 14.3 Å². The van der Waals surface area contributed by atoms with Crippen LogP contribution in [-0.4, -0.2) is 46.6 Å². The van der Waals surface area contributed by atoms with Crippen molar-refractivity contribution in [2.24, 2.45) is 5.92 Å². The molecule has 1 saturated carbocycles. The predicted octanol–water partition coefficient (Wildman–Crippen LogP) is 4.23. The molecule has 3 fully saturated rings. The van der Waals surface area contributed by atoms with Gasteiger partial charge in [0.1, 0.15) is 0 Å². The second-order valence-electron chi connectivity index (χ2n) is 9.06. The molecule has 1 atom stereocenters. The van der Waals surface area contributed by atoms with Crippen molar-refractivity contribution in [2.45, 2.75) is 63.8 Å². The van der Waals surface area contributed by atoms with E-state index in [4.69, 9.17) is 4.52 Å². The van der Waals surface area contributed by atoms with Crippen molar-refractivity contribution in [3.8, 4) is 11.4 Å². The molecule has 1 amide bonds. The molecule has 29 heavy (non-hydrogen) atoms. The first-order chi connectivity index (χ1) is 14.2. The van der Waals surface area contributed by atoms with E-state index >= 15 is 0 Å². The van der Waals surface area contributed by atoms with Gasteiger partial charge in [0.05, 0.1) is 5.92 Å². The fourth-order valence-corrected chi connectivity index (χ4v) is 5.07. The Bertz CT molecular complexity index is 848. The monoisotopic (exact) mass is 394 g/mol. The van der Waals surface area contributed by atoms with Crippen LogP contribution in [0.15, 0.2) is 28.8 Å². The summed E-state index contributed by atoms with van der Waals surface area (Å²) in [7, 11) is 0. The average Bonchev–Trinajstić information content (AvgIpc) is 3.49. The summed E-state index contributed by atoms with van der Waals surface area (Å²) < 4.78 is 5.57. The Kier molecular flexibility index (Phi) is 5.02. The van der Waals surface area contributed by atoms with E-state index in [0.717, 1.165) is 44.0 Å². The summed E-state index contributed by atoms with van der Waals surface area (Å²) in [5.41, 5.74) is 2.23. The second kappa shape index (κ2) is 7.81. The van der Waals surface area contributed by atoms with Crippen LogP contribution in [0.1, 0.15) is 63.7 Å². The number of anilines is 1. The highest BCUT2D eigenvalue weighted by atomic mass is 16.5. The molecule has 0 unspecified atom stereocenters. The first-order valence-corrected chi connectivity index (χ1v) is 11.2. The highest BCUT2D eigenvalue weighted by molar-refractivity contribution is 5.80. The summed E-state index contributed by atoms with van der Waals surface area (Å²) in [6.07, 6.45) is 7.74. The number of hydrogen-bond acceptors (Lipinski definition) is 5. The molecule has 154 valence electrons. The van der Waals surface area contributed by atoms with Gasteiger partial charge in [0.2, 0.25) is 17.6 Å². The van der Waals surface area contributed by atoms with Gasteiger partial charge in [0, 0.05) is 43.3 Å². The van der Waals surface area contributed by atoms with Crippen molar-refractivity contribution in [1.29, 1.82) is 0 Å². The van der Waals surface area contributed by atoms with Crippen LogP contribution in [0.4, 0.5) is 5.69 Å². The molecule has 6 heteroatoms. The summed E-state index contributed by atoms with van der Waals surface area (Å²) in [6, 6.07) is 8.88. The topological polar surface area (TPSA) is 62.5 Å². The van der Waals surface area contributed by atoms with Crippen molar-refractivity contribution in [1.82, 2.24) is 15.0 Å². The third-order valence-corrected chi connectivity index (χ3v) is 6.99. The van der Waals surface area contributed by atoms with Crippen LogP contribution in [0, 0.1) is 5.92 Å². The zero-order valence-corrected chi connectivity index (χ0v) is 17.2. The molecule has 1 aliphatic carbocycles. The Morgan fingerprint density at radius 3 is 2.48 bits per heavy atom. The Balaban J connectivity index is 1.26. The van der Waals surface area contributed by atoms with Crippen molar-refractivity contribution in [3.63, 3.8) is 0 Å². The van der Waals surface area contributed by atoms with Gasteiger partial charge >= 0.3 is 0 Å². The average molecular weight is 395 g/mol. The van der Waals surface area contributed by atoms with E-state index in [0.29, 0.717) is 24.2 Å². The summed E-state index contributed by atoms with van der Waals surface area (Å²) >= 11 is 0. The minimum Gasteiger partial charge on any atom is -0.372 e. The van der Waals surface area contributed by atoms with Gasteiger partial charge in [-0.15, -0.1) is 0 Å². The van der Waals surface area contributed by atoms with E-state index in [-0.39, 0.29) is 11.8 Å². The molecule has 1 aromatic heterocycles. The number of likely N-dealkylation sites (tertiary alicyclic amines) is 1. The van der Waals surface area contributed by atoms with Gasteiger partial charge in [-0.2, -0.15) is 4.98 Å². The maximum absolute atomic E-state index is 12.5. The van der Waals surface area contributed by atoms with Crippen LogP contribution in [0.3, 0.4) is 0 Å². The molecule has 0 radical (unpaired) electrons. The van der Waals surface area contributed by atoms with Gasteiger partial charge in [-0.1, -0.05) is 24.9 Å². The Morgan fingerprint density at radius 1 is 1.03 bits per heavy atom. The smallest absolute Gasteiger partial charge is 0.232 e. The van der Waals surface area contributed by atoms with E-state index in [1.54, 1.807) is 0 Å². The number of piperidine rings is 1. The highest BCUT2D eigenvalue weighted by Gasteiger charge is 2.38. The summed E-state index contributed by atoms with van der Waals surface area (Å²) in [6.45, 7) is 5.30. The number of nitrogens with zero attached hydrogens (tertiary/aromatic N) is 4. The van der Waals surface area contributed by atoms with Crippen LogP contribution < -0.4 is 4.90 Å². The number of amides is 1. The Hall–Kier alpha value is -2.37. The Labute approximate surface area is 172 Å². The molecule has 3 heterocycles. The molecule has 0 N–H and O–H groups in total. The maximum Gasteiger partial charge on any atom is 0.232 e. The van der Waals surface area contributed by atoms with Gasteiger partial charge in [0.25, 0.3) is 0 Å². The van der Waals surface area contributed by atoms with E-state index in [1.807, 2.05) is 0 Å². The lowest BCUT2D eigenvalue weighted by molar-refractivity contribution is -0.129. The van der Waals surface area contributed by atoms with Crippen molar-refractivity contribution in [2.75, 3.05) is 24.5 Å². The zero-order chi connectivity index (χ0) is 19.8. The first kappa shape index (κ1) is 18.6. The second-order valence-corrected chi connectivity index (χ2v) is 9.06. The zero-order valence-electron chi connectivity index (χ0n) is 17.2. The van der Waals surface area contributed by atoms with Crippen LogP contribution in [0.2, 0.25) is 0 Å². The van der Waals surface area contributed by atoms with E-state index in [9.17, 15) is 4.79 Å². The molecular formula is C23H30N4O2. The van der Waals surface area contributed by atoms with E-state index < -0.39 is 0 Å². The quantitative estimate of drug-likeness (QED) is 0.776. The lowest BCUT2D eigenvalue weighted by Gasteiger charge is -2.32. The summed E-state index contributed by atoms with van der Waals surface area (Å²) in [4.78, 5) is 21.6. The SMILES string of the molecule is CC1CCN(c2ccc(-c3noc([C@H]4CC(=O)N(C5CCCC5)C4)n3)cc2)CC1. The number of aromatic nitrogens is 2. The number of hydrogen-bond donors (Lipinski definition) is 0. The third kappa shape index (κ3) is 3.77. The lowest BCUT2D eigenvalue weighted by atomic mass is 9.98. The van der Waals surface area contributed by atoms with Crippen LogP contribution in [-0.2, 0) is 4.79 Å². The molecular weight excluding hydrogens is 364 g/mol. The third-order valence-electron chi connectivity index (χ3n) is 6.99. The normalized spacial score (nSPS) is 24.0. The number of benzene rings is 1. The van der Waals surface area contributed by atoms with Gasteiger partial charge in [-0.05, 0) is 55.9 Å². The number of carbonyl (C=O) groups is 1. The van der Waals surface area contributed by atoms with Crippen molar-refractivity contribution in [3.05, 3.63) is 30.2 Å². The molecule has 5 rings (SSSR count). The van der Waals surface area contributed by atoms with Crippen LogP contribution >= 0.6 is 0 Å². The molecule has 6 nitrogen and oxygen atoms in total. The molecule has 0 spiro atoms. The van der Waals surface area contributed by atoms with Crippen LogP contribution in [0.5, 0.6) is 0 Å². The largest absolute Gasteiger partial charge is 0.372 e. The van der Waals surface area contributed by atoms with Gasteiger partial charge in [-0.3, -0.25) is 4.79 Å². The maximum atomic E-state index is 12.5. The standard InChI is InChI=1S/C23H30N4O2/c1-16-10-12-26(13-11-16)19-8-6-17(7-9-19)22-24-23(29-25-22)18-14-21(28)27(15-18)20-4-2-3-5-20/h6-9,16,18,20H,2-5,10-15H2,1H3/t18-/m0/s1. The van der Waals surface area contributed by atoms with E-state index in [1.165, 1.54) is 31.4 Å². The minimum absolute atomic E-state index is 0.0268. The summed E-state index contributed by atoms with van der Waals surface area (Å²) in [5.74, 6) is 2.31. The highest BCUT2D eigenvalue weighted by Crippen LogP contribution is 2.34. The summed E-state index contributed by atoms with van der Waals surface area (Å²) in [5, 5.41) is 4.20. The lowest BCUT2D eigenvalue weighted by Crippen LogP contribution is -2.34. The fraction of sp³-hybridized carbons (Fsp3) is 0.609. The Morgan fingerprint density at radius 2 is 1.76 bits per heavy atom.